The Hall–Kier alpha value is -2.27. The fourth-order valence-corrected chi connectivity index (χ4v) is 4.46. The van der Waals surface area contributed by atoms with Gasteiger partial charge in [-0.3, -0.25) is 8.37 Å². The van der Waals surface area contributed by atoms with Crippen LogP contribution in [0, 0.1) is 13.8 Å². The molecule has 0 bridgehead atoms. The molecule has 2 aromatic rings. The molecular formula is C20H24O8S2. The molecule has 1 atom stereocenters. The molecule has 8 nitrogen and oxygen atoms in total. The van der Waals surface area contributed by atoms with Crippen molar-refractivity contribution in [1.82, 2.24) is 0 Å². The van der Waals surface area contributed by atoms with E-state index in [4.69, 9.17) is 8.37 Å². The Balaban J connectivity index is 1.99. The number of carbonyl (C=O) groups is 1. The second-order valence-corrected chi connectivity index (χ2v) is 9.79. The molecule has 0 N–H and O–H groups in total. The average Bonchev–Trinajstić information content (AvgIpc) is 2.70. The molecule has 1 unspecified atom stereocenters. The Morgan fingerprint density at radius 3 is 1.77 bits per heavy atom. The van der Waals surface area contributed by atoms with Crippen LogP contribution < -0.4 is 0 Å². The highest BCUT2D eigenvalue weighted by Gasteiger charge is 2.28. The molecular weight excluding hydrogens is 432 g/mol. The Labute approximate surface area is 177 Å². The van der Waals surface area contributed by atoms with Crippen molar-refractivity contribution < 1.29 is 34.7 Å². The van der Waals surface area contributed by atoms with Gasteiger partial charge in [-0.25, -0.2) is 4.79 Å². The van der Waals surface area contributed by atoms with Gasteiger partial charge in [-0.2, -0.15) is 16.8 Å². The third-order valence-electron chi connectivity index (χ3n) is 4.18. The van der Waals surface area contributed by atoms with Gasteiger partial charge >= 0.3 is 5.97 Å². The third kappa shape index (κ3) is 6.63. The maximum absolute atomic E-state index is 12.4. The fourth-order valence-electron chi connectivity index (χ4n) is 2.46. The molecule has 0 saturated carbocycles. The molecule has 0 saturated heterocycles. The molecule has 2 aromatic carbocycles. The van der Waals surface area contributed by atoms with E-state index in [0.29, 0.717) is 0 Å². The van der Waals surface area contributed by atoms with Crippen molar-refractivity contribution in [2.24, 2.45) is 0 Å². The SMILES string of the molecule is COC(=O)C(CCCOS(=O)(=O)c1ccc(C)cc1)OS(=O)(=O)c1ccc(C)cc1. The molecule has 0 aliphatic heterocycles. The molecule has 164 valence electrons. The van der Waals surface area contributed by atoms with E-state index in [1.165, 1.54) is 24.3 Å². The molecule has 0 aliphatic rings. The average molecular weight is 457 g/mol. The van der Waals surface area contributed by atoms with Gasteiger partial charge < -0.3 is 4.74 Å². The van der Waals surface area contributed by atoms with Crippen LogP contribution in [0.1, 0.15) is 24.0 Å². The van der Waals surface area contributed by atoms with Crippen LogP contribution in [0.2, 0.25) is 0 Å². The highest BCUT2D eigenvalue weighted by molar-refractivity contribution is 7.87. The Bertz CT molecular complexity index is 1060. The van der Waals surface area contributed by atoms with Crippen LogP contribution in [-0.4, -0.2) is 42.6 Å². The Kier molecular flexibility index (Phi) is 8.13. The summed E-state index contributed by atoms with van der Waals surface area (Å²) < 4.78 is 63.8. The minimum Gasteiger partial charge on any atom is -0.467 e. The molecule has 10 heteroatoms. The lowest BCUT2D eigenvalue weighted by Crippen LogP contribution is -2.29. The van der Waals surface area contributed by atoms with Crippen LogP contribution in [0.15, 0.2) is 58.3 Å². The number of aryl methyl sites for hydroxylation is 2. The summed E-state index contributed by atoms with van der Waals surface area (Å²) in [6, 6.07) is 12.1. The van der Waals surface area contributed by atoms with E-state index in [-0.39, 0.29) is 29.2 Å². The van der Waals surface area contributed by atoms with Crippen LogP contribution in [0.3, 0.4) is 0 Å². The van der Waals surface area contributed by atoms with E-state index in [2.05, 4.69) is 4.74 Å². The van der Waals surface area contributed by atoms with Crippen LogP contribution in [-0.2, 0) is 38.1 Å². The summed E-state index contributed by atoms with van der Waals surface area (Å²) in [5.41, 5.74) is 1.77. The molecule has 0 heterocycles. The molecule has 0 radical (unpaired) electrons. The topological polar surface area (TPSA) is 113 Å². The van der Waals surface area contributed by atoms with Crippen molar-refractivity contribution in [2.75, 3.05) is 13.7 Å². The van der Waals surface area contributed by atoms with Crippen molar-refractivity contribution >= 4 is 26.2 Å². The lowest BCUT2D eigenvalue weighted by atomic mass is 10.2. The highest BCUT2D eigenvalue weighted by atomic mass is 32.2. The largest absolute Gasteiger partial charge is 0.467 e. The predicted octanol–water partition coefficient (Wildman–Crippen LogP) is 2.74. The summed E-state index contributed by atoms with van der Waals surface area (Å²) in [6.07, 6.45) is -1.48. The number of carbonyl (C=O) groups excluding carboxylic acids is 1. The second-order valence-electron chi connectivity index (χ2n) is 6.61. The number of hydrogen-bond donors (Lipinski definition) is 0. The maximum Gasteiger partial charge on any atom is 0.336 e. The first kappa shape index (κ1) is 24.0. The lowest BCUT2D eigenvalue weighted by Gasteiger charge is -2.15. The van der Waals surface area contributed by atoms with Crippen LogP contribution >= 0.6 is 0 Å². The van der Waals surface area contributed by atoms with Gasteiger partial charge in [-0.05, 0) is 51.0 Å². The highest BCUT2D eigenvalue weighted by Crippen LogP contribution is 2.19. The lowest BCUT2D eigenvalue weighted by molar-refractivity contribution is -0.149. The van der Waals surface area contributed by atoms with E-state index in [1.807, 2.05) is 6.92 Å². The van der Waals surface area contributed by atoms with Crippen molar-refractivity contribution in [3.8, 4) is 0 Å². The normalized spacial score (nSPS) is 13.0. The second kappa shape index (κ2) is 10.2. The van der Waals surface area contributed by atoms with Gasteiger partial charge in [-0.1, -0.05) is 35.4 Å². The Morgan fingerprint density at radius 1 is 0.833 bits per heavy atom. The van der Waals surface area contributed by atoms with E-state index in [0.717, 1.165) is 18.2 Å². The van der Waals surface area contributed by atoms with Crippen molar-refractivity contribution in [3.63, 3.8) is 0 Å². The first-order chi connectivity index (χ1) is 14.0. The van der Waals surface area contributed by atoms with Crippen LogP contribution in [0.4, 0.5) is 0 Å². The summed E-state index contributed by atoms with van der Waals surface area (Å²) in [7, 11) is -7.06. The monoisotopic (exact) mass is 456 g/mol. The van der Waals surface area contributed by atoms with E-state index in [1.54, 1.807) is 31.2 Å². The van der Waals surface area contributed by atoms with Gasteiger partial charge in [0.05, 0.1) is 23.5 Å². The summed E-state index contributed by atoms with van der Waals surface area (Å²) in [6.45, 7) is 3.38. The standard InChI is InChI=1S/C20H24O8S2/c1-15-6-10-17(11-7-15)29(22,23)27-14-4-5-19(20(21)26-3)28-30(24,25)18-12-8-16(2)9-13-18/h6-13,19H,4-5,14H2,1-3H3. The minimum absolute atomic E-state index is 0.0100. The minimum atomic E-state index is -4.20. The summed E-state index contributed by atoms with van der Waals surface area (Å²) in [5, 5.41) is 0. The fraction of sp³-hybridized carbons (Fsp3) is 0.350. The zero-order valence-corrected chi connectivity index (χ0v) is 18.5. The Morgan fingerprint density at radius 2 is 1.30 bits per heavy atom. The molecule has 2 rings (SSSR count). The number of benzene rings is 2. The van der Waals surface area contributed by atoms with Crippen molar-refractivity contribution in [1.29, 1.82) is 0 Å². The van der Waals surface area contributed by atoms with Gasteiger partial charge in [0, 0.05) is 0 Å². The molecule has 0 aliphatic carbocycles. The quantitative estimate of drug-likeness (QED) is 0.305. The number of rotatable bonds is 10. The first-order valence-corrected chi connectivity index (χ1v) is 11.9. The van der Waals surface area contributed by atoms with E-state index in [9.17, 15) is 21.6 Å². The maximum atomic E-state index is 12.4. The van der Waals surface area contributed by atoms with E-state index < -0.39 is 32.3 Å². The van der Waals surface area contributed by atoms with Gasteiger partial charge in [0.2, 0.25) is 0 Å². The van der Waals surface area contributed by atoms with Crippen molar-refractivity contribution in [3.05, 3.63) is 59.7 Å². The summed E-state index contributed by atoms with van der Waals surface area (Å²) in [5.74, 6) is -0.882. The van der Waals surface area contributed by atoms with Crippen molar-refractivity contribution in [2.45, 2.75) is 42.6 Å². The van der Waals surface area contributed by atoms with Gasteiger partial charge in [0.1, 0.15) is 0 Å². The van der Waals surface area contributed by atoms with E-state index >= 15 is 0 Å². The van der Waals surface area contributed by atoms with Crippen LogP contribution in [0.5, 0.6) is 0 Å². The summed E-state index contributed by atoms with van der Waals surface area (Å²) >= 11 is 0. The molecule has 0 spiro atoms. The first-order valence-electron chi connectivity index (χ1n) is 9.09. The third-order valence-corrected chi connectivity index (χ3v) is 6.84. The van der Waals surface area contributed by atoms with Gasteiger partial charge in [0.25, 0.3) is 20.2 Å². The smallest absolute Gasteiger partial charge is 0.336 e. The number of methoxy groups -OCH3 is 1. The molecule has 0 amide bonds. The molecule has 30 heavy (non-hydrogen) atoms. The number of esters is 1. The zero-order chi connectivity index (χ0) is 22.4. The number of ether oxygens (including phenoxy) is 1. The van der Waals surface area contributed by atoms with Gasteiger partial charge in [-0.15, -0.1) is 0 Å². The number of hydrogen-bond acceptors (Lipinski definition) is 8. The summed E-state index contributed by atoms with van der Waals surface area (Å²) in [4.78, 5) is 11.9. The predicted molar refractivity (Wildman–Crippen MR) is 109 cm³/mol. The van der Waals surface area contributed by atoms with Gasteiger partial charge in [0.15, 0.2) is 6.10 Å². The molecule has 0 fully saturated rings. The van der Waals surface area contributed by atoms with Crippen LogP contribution in [0.25, 0.3) is 0 Å². The molecule has 0 aromatic heterocycles. The zero-order valence-electron chi connectivity index (χ0n) is 16.9.